The predicted octanol–water partition coefficient (Wildman–Crippen LogP) is -0.904. The molecular weight excluding hydrogens is 271 g/mol. The van der Waals surface area contributed by atoms with Crippen LogP contribution in [-0.2, 0) is 6.44 Å². The summed E-state index contributed by atoms with van der Waals surface area (Å²) in [5.74, 6) is 0. The molecule has 0 spiro atoms. The van der Waals surface area contributed by atoms with Gasteiger partial charge < -0.3 is 17.5 Å². The third-order valence-corrected chi connectivity index (χ3v) is 2.40. The average molecular weight is 280 g/mol. The Morgan fingerprint density at radius 2 is 1.89 bits per heavy atom. The topological polar surface area (TPSA) is 34.9 Å². The number of aromatic nitrogens is 2. The van der Waals surface area contributed by atoms with Gasteiger partial charge in [0.05, 0.1) is 11.0 Å². The molecule has 0 saturated heterocycles. The molecule has 0 unspecified atom stereocenters. The number of aryl methyl sites for hydroxylation is 1. The van der Waals surface area contributed by atoms with E-state index in [4.69, 9.17) is 0 Å². The van der Waals surface area contributed by atoms with Crippen LogP contribution in [0.1, 0.15) is 5.69 Å². The molecule has 8 heteroatoms. The molecule has 18 heavy (non-hydrogen) atoms. The van der Waals surface area contributed by atoms with Crippen molar-refractivity contribution in [3.8, 4) is 0 Å². The second-order valence-electron chi connectivity index (χ2n) is 3.81. The molecule has 0 aliphatic heterocycles. The van der Waals surface area contributed by atoms with Gasteiger partial charge in [0.15, 0.2) is 0 Å². The molecule has 0 fully saturated rings. The Bertz CT molecular complexity index is 627. The summed E-state index contributed by atoms with van der Waals surface area (Å²) in [4.78, 5) is 15.6. The van der Waals surface area contributed by atoms with Crippen LogP contribution in [0, 0.1) is 6.92 Å². The van der Waals surface area contributed by atoms with Crippen LogP contribution in [-0.4, -0.2) is 16.5 Å². The number of rotatable bonds is 2. The molecule has 1 aromatic carbocycles. The fourth-order valence-corrected chi connectivity index (χ4v) is 1.71. The van der Waals surface area contributed by atoms with E-state index >= 15 is 0 Å². The zero-order chi connectivity index (χ0) is 12.6. The summed E-state index contributed by atoms with van der Waals surface area (Å²) in [6.07, 6.45) is -1.23. The SMILES string of the molecule is Cc1nc2ccccc2n(C[B-](F)(F)F)c1=O.[K+]. The molecule has 0 atom stereocenters. The van der Waals surface area contributed by atoms with Gasteiger partial charge in [-0.1, -0.05) is 12.1 Å². The van der Waals surface area contributed by atoms with Gasteiger partial charge in [0, 0.05) is 0 Å². The zero-order valence-corrected chi connectivity index (χ0v) is 13.2. The van der Waals surface area contributed by atoms with Crippen molar-refractivity contribution in [2.24, 2.45) is 0 Å². The van der Waals surface area contributed by atoms with E-state index in [0.29, 0.717) is 5.52 Å². The van der Waals surface area contributed by atoms with Gasteiger partial charge in [-0.2, -0.15) is 0 Å². The van der Waals surface area contributed by atoms with E-state index < -0.39 is 19.0 Å². The normalized spacial score (nSPS) is 11.3. The molecule has 0 bridgehead atoms. The fourth-order valence-electron chi connectivity index (χ4n) is 1.71. The first-order valence-corrected chi connectivity index (χ1v) is 5.06. The van der Waals surface area contributed by atoms with E-state index in [0.717, 1.165) is 4.57 Å². The summed E-state index contributed by atoms with van der Waals surface area (Å²) in [7, 11) is 0. The van der Waals surface area contributed by atoms with Crippen LogP contribution in [0.3, 0.4) is 0 Å². The van der Waals surface area contributed by atoms with Crippen molar-refractivity contribution in [2.75, 3.05) is 0 Å². The van der Waals surface area contributed by atoms with E-state index in [9.17, 15) is 17.7 Å². The number of hydrogen-bond acceptors (Lipinski definition) is 2. The van der Waals surface area contributed by atoms with Crippen LogP contribution >= 0.6 is 0 Å². The molecule has 1 aromatic heterocycles. The van der Waals surface area contributed by atoms with Crippen LogP contribution in [0.5, 0.6) is 0 Å². The van der Waals surface area contributed by atoms with E-state index in [2.05, 4.69) is 4.98 Å². The van der Waals surface area contributed by atoms with Crippen LogP contribution in [0.15, 0.2) is 29.1 Å². The van der Waals surface area contributed by atoms with Crippen LogP contribution in [0.4, 0.5) is 12.9 Å². The Hall–Kier alpha value is -0.149. The molecule has 0 amide bonds. The Balaban J connectivity index is 0.00000162. The van der Waals surface area contributed by atoms with Gasteiger partial charge >= 0.3 is 58.4 Å². The summed E-state index contributed by atoms with van der Waals surface area (Å²) in [6.45, 7) is -3.65. The molecule has 1 heterocycles. The minimum Gasteiger partial charge on any atom is -0.448 e. The molecule has 0 N–H and O–H groups in total. The van der Waals surface area contributed by atoms with Crippen molar-refractivity contribution in [3.63, 3.8) is 0 Å². The largest absolute Gasteiger partial charge is 1.00 e. The Morgan fingerprint density at radius 3 is 2.50 bits per heavy atom. The second kappa shape index (κ2) is 5.87. The average Bonchev–Trinajstić information content (AvgIpc) is 2.23. The molecule has 2 rings (SSSR count). The third kappa shape index (κ3) is 3.45. The summed E-state index contributed by atoms with van der Waals surface area (Å²) in [5, 5.41) is 0. The van der Waals surface area contributed by atoms with E-state index in [1.807, 2.05) is 0 Å². The molecule has 90 valence electrons. The first-order chi connectivity index (χ1) is 7.88. The van der Waals surface area contributed by atoms with Crippen LogP contribution < -0.4 is 56.9 Å². The molecule has 2 aromatic rings. The maximum atomic E-state index is 12.5. The fraction of sp³-hybridized carbons (Fsp3) is 0.200. The number of nitrogens with zero attached hydrogens (tertiary/aromatic N) is 2. The van der Waals surface area contributed by atoms with Gasteiger partial charge in [-0.25, -0.2) is 4.98 Å². The third-order valence-electron chi connectivity index (χ3n) is 2.40. The maximum absolute atomic E-state index is 12.5. The van der Waals surface area contributed by atoms with Crippen molar-refractivity contribution in [2.45, 2.75) is 13.4 Å². The first-order valence-electron chi connectivity index (χ1n) is 5.06. The van der Waals surface area contributed by atoms with Crippen molar-refractivity contribution in [1.29, 1.82) is 0 Å². The Kier molecular flexibility index (Phi) is 5.19. The Morgan fingerprint density at radius 1 is 1.28 bits per heavy atom. The number of hydrogen-bond donors (Lipinski definition) is 0. The summed E-state index contributed by atoms with van der Waals surface area (Å²) >= 11 is 0. The van der Waals surface area contributed by atoms with Gasteiger partial charge in [-0.15, -0.1) is 0 Å². The summed E-state index contributed by atoms with van der Waals surface area (Å²) in [5.41, 5.74) is -0.0152. The van der Waals surface area contributed by atoms with Gasteiger partial charge in [-0.05, 0) is 25.5 Å². The van der Waals surface area contributed by atoms with Crippen LogP contribution in [0.25, 0.3) is 11.0 Å². The molecular formula is C10H9BF3KN2O. The maximum Gasteiger partial charge on any atom is 1.00 e. The number of fused-ring (bicyclic) bond motifs is 1. The van der Waals surface area contributed by atoms with Gasteiger partial charge in [0.25, 0.3) is 5.56 Å². The van der Waals surface area contributed by atoms with E-state index in [1.54, 1.807) is 18.2 Å². The van der Waals surface area contributed by atoms with Crippen molar-refractivity contribution in [1.82, 2.24) is 9.55 Å². The molecule has 3 nitrogen and oxygen atoms in total. The minimum absolute atomic E-state index is 0. The zero-order valence-electron chi connectivity index (χ0n) is 10.0. The smallest absolute Gasteiger partial charge is 0.448 e. The molecule has 0 aliphatic carbocycles. The quantitative estimate of drug-likeness (QED) is 0.668. The van der Waals surface area contributed by atoms with Crippen molar-refractivity contribution in [3.05, 3.63) is 40.3 Å². The van der Waals surface area contributed by atoms with Gasteiger partial charge in [0.1, 0.15) is 5.69 Å². The number of benzene rings is 1. The van der Waals surface area contributed by atoms with Gasteiger partial charge in [0.2, 0.25) is 0 Å². The summed E-state index contributed by atoms with van der Waals surface area (Å²) < 4.78 is 38.1. The van der Waals surface area contributed by atoms with Crippen molar-refractivity contribution < 1.29 is 64.3 Å². The monoisotopic (exact) mass is 280 g/mol. The minimum atomic E-state index is -5.06. The molecule has 0 radical (unpaired) electrons. The van der Waals surface area contributed by atoms with E-state index in [-0.39, 0.29) is 62.6 Å². The predicted molar refractivity (Wildman–Crippen MR) is 59.8 cm³/mol. The van der Waals surface area contributed by atoms with Crippen LogP contribution in [0.2, 0.25) is 0 Å². The first kappa shape index (κ1) is 15.9. The standard InChI is InChI=1S/C10H9BF3N2O.K/c1-7-10(17)16(6-11(12,13)14)9-5-3-2-4-8(9)15-7;/h2-5H,6H2,1H3;/q-1;+1. The number of halogens is 3. The Labute approximate surface area is 144 Å². The second-order valence-corrected chi connectivity index (χ2v) is 3.81. The molecule has 0 saturated carbocycles. The number of para-hydroxylation sites is 2. The van der Waals surface area contributed by atoms with Gasteiger partial charge in [-0.3, -0.25) is 4.79 Å². The summed E-state index contributed by atoms with van der Waals surface area (Å²) in [6, 6.07) is 6.30. The van der Waals surface area contributed by atoms with Crippen molar-refractivity contribution >= 4 is 18.0 Å². The van der Waals surface area contributed by atoms with E-state index in [1.165, 1.54) is 13.0 Å². The molecule has 0 aliphatic rings.